The topological polar surface area (TPSA) is 140 Å². The zero-order valence-electron chi connectivity index (χ0n) is 17.7. The van der Waals surface area contributed by atoms with Crippen LogP contribution in [0.4, 0.5) is 0 Å². The third-order valence-electron chi connectivity index (χ3n) is 5.27. The summed E-state index contributed by atoms with van der Waals surface area (Å²) in [4.78, 5) is 51.1. The van der Waals surface area contributed by atoms with Crippen molar-refractivity contribution in [1.29, 1.82) is 5.26 Å². The number of rotatable bonds is 6. The summed E-state index contributed by atoms with van der Waals surface area (Å²) in [5.74, 6) is -1.33. The molecule has 1 saturated heterocycles. The lowest BCUT2D eigenvalue weighted by atomic mass is 10.1. The highest BCUT2D eigenvalue weighted by Crippen LogP contribution is 2.37. The summed E-state index contributed by atoms with van der Waals surface area (Å²) in [7, 11) is 0. The molecule has 0 amide bonds. The van der Waals surface area contributed by atoms with Gasteiger partial charge in [0.15, 0.2) is 6.10 Å². The number of hydrogen-bond donors (Lipinski definition) is 1. The molecule has 2 heterocycles. The van der Waals surface area contributed by atoms with Gasteiger partial charge in [-0.3, -0.25) is 14.3 Å². The number of H-pyrrole nitrogens is 1. The number of carbonyl (C=O) groups is 2. The lowest BCUT2D eigenvalue weighted by Crippen LogP contribution is -2.50. The molecule has 3 aromatic rings. The first-order valence-electron chi connectivity index (χ1n) is 10.3. The van der Waals surface area contributed by atoms with E-state index in [0.717, 1.165) is 16.8 Å². The Bertz CT molecular complexity index is 1340. The van der Waals surface area contributed by atoms with Gasteiger partial charge in [0.05, 0.1) is 17.2 Å². The lowest BCUT2D eigenvalue weighted by Gasteiger charge is -2.28. The minimum absolute atomic E-state index is 0.0419. The Kier molecular flexibility index (Phi) is 6.38. The van der Waals surface area contributed by atoms with Crippen LogP contribution in [0.1, 0.15) is 27.1 Å². The molecule has 1 fully saturated rings. The number of nitrogens with one attached hydrogen (secondary N) is 1. The number of nitrogens with zero attached hydrogens (tertiary/aromatic N) is 2. The highest BCUT2D eigenvalue weighted by molar-refractivity contribution is 5.90. The molecule has 0 radical (unpaired) electrons. The van der Waals surface area contributed by atoms with E-state index >= 15 is 0 Å². The number of benzene rings is 2. The van der Waals surface area contributed by atoms with Crippen molar-refractivity contribution in [3.8, 4) is 6.07 Å². The van der Waals surface area contributed by atoms with E-state index in [0.29, 0.717) is 5.56 Å². The summed E-state index contributed by atoms with van der Waals surface area (Å²) in [6.07, 6.45) is -1.07. The van der Waals surface area contributed by atoms with Crippen molar-refractivity contribution >= 4 is 11.9 Å². The van der Waals surface area contributed by atoms with E-state index in [9.17, 15) is 24.4 Å². The summed E-state index contributed by atoms with van der Waals surface area (Å²) >= 11 is 0. The zero-order chi connectivity index (χ0) is 24.1. The Morgan fingerprint density at radius 3 is 2.24 bits per heavy atom. The minimum Gasteiger partial charge on any atom is -0.459 e. The molecule has 1 N–H and O–H groups in total. The molecule has 1 aromatic heterocycles. The van der Waals surface area contributed by atoms with Crippen LogP contribution in [0.2, 0.25) is 0 Å². The van der Waals surface area contributed by atoms with Gasteiger partial charge in [-0.15, -0.1) is 0 Å². The van der Waals surface area contributed by atoms with Crippen LogP contribution >= 0.6 is 0 Å². The van der Waals surface area contributed by atoms with E-state index in [-0.39, 0.29) is 18.6 Å². The smallest absolute Gasteiger partial charge is 0.338 e. The zero-order valence-corrected chi connectivity index (χ0v) is 17.7. The van der Waals surface area contributed by atoms with E-state index in [2.05, 4.69) is 4.98 Å². The molecular formula is C24H19N3O7. The van der Waals surface area contributed by atoms with Gasteiger partial charge in [0.1, 0.15) is 12.7 Å². The average molecular weight is 461 g/mol. The molecule has 4 rings (SSSR count). The molecule has 0 aliphatic carbocycles. The van der Waals surface area contributed by atoms with Crippen LogP contribution in [0.25, 0.3) is 0 Å². The first-order chi connectivity index (χ1) is 16.4. The van der Waals surface area contributed by atoms with Gasteiger partial charge < -0.3 is 14.2 Å². The predicted molar refractivity (Wildman–Crippen MR) is 117 cm³/mol. The van der Waals surface area contributed by atoms with Crippen LogP contribution < -0.4 is 11.2 Å². The number of ether oxygens (including phenoxy) is 3. The average Bonchev–Trinajstić information content (AvgIpc) is 3.21. The highest BCUT2D eigenvalue weighted by atomic mass is 16.6. The molecule has 10 nitrogen and oxygen atoms in total. The lowest BCUT2D eigenvalue weighted by molar-refractivity contribution is -0.113. The second-order valence-electron chi connectivity index (χ2n) is 7.49. The Labute approximate surface area is 192 Å². The van der Waals surface area contributed by atoms with Crippen LogP contribution in [0.15, 0.2) is 82.5 Å². The number of carbonyl (C=O) groups excluding carboxylic acids is 2. The van der Waals surface area contributed by atoms with E-state index in [1.165, 1.54) is 12.1 Å². The van der Waals surface area contributed by atoms with E-state index < -0.39 is 41.1 Å². The van der Waals surface area contributed by atoms with Crippen LogP contribution in [0, 0.1) is 11.3 Å². The number of aromatic nitrogens is 2. The van der Waals surface area contributed by atoms with Crippen molar-refractivity contribution in [2.75, 3.05) is 6.61 Å². The molecule has 34 heavy (non-hydrogen) atoms. The molecule has 172 valence electrons. The molecule has 10 heteroatoms. The van der Waals surface area contributed by atoms with Gasteiger partial charge in [-0.25, -0.2) is 14.4 Å². The van der Waals surface area contributed by atoms with Crippen molar-refractivity contribution in [2.24, 2.45) is 0 Å². The van der Waals surface area contributed by atoms with Crippen molar-refractivity contribution in [3.05, 3.63) is 105 Å². The molecule has 2 aromatic carbocycles. The Morgan fingerprint density at radius 1 is 1.03 bits per heavy atom. The number of hydrogen-bond acceptors (Lipinski definition) is 8. The fourth-order valence-corrected chi connectivity index (χ4v) is 3.65. The van der Waals surface area contributed by atoms with Gasteiger partial charge in [0, 0.05) is 18.7 Å². The molecule has 0 bridgehead atoms. The maximum atomic E-state index is 12.7. The molecule has 0 spiro atoms. The predicted octanol–water partition coefficient (Wildman–Crippen LogP) is 1.58. The monoisotopic (exact) mass is 461 g/mol. The SMILES string of the molecule is N#C[C@@]1(n2ccc(=O)[nH]c2=O)O[C@H](COC(=O)c2ccccc2)C[C@H]1OC(=O)c1ccccc1. The van der Waals surface area contributed by atoms with Gasteiger partial charge in [0.25, 0.3) is 11.3 Å². The van der Waals surface area contributed by atoms with Gasteiger partial charge in [0.2, 0.25) is 0 Å². The minimum atomic E-state index is -2.09. The van der Waals surface area contributed by atoms with Crippen molar-refractivity contribution in [2.45, 2.75) is 24.4 Å². The first-order valence-corrected chi connectivity index (χ1v) is 10.3. The second kappa shape index (κ2) is 9.56. The summed E-state index contributed by atoms with van der Waals surface area (Å²) in [6, 6.07) is 19.4. The summed E-state index contributed by atoms with van der Waals surface area (Å²) in [5, 5.41) is 10.1. The molecule has 1 aliphatic rings. The largest absolute Gasteiger partial charge is 0.459 e. The molecular weight excluding hydrogens is 442 g/mol. The fraction of sp³-hybridized carbons (Fsp3) is 0.208. The fourth-order valence-electron chi connectivity index (χ4n) is 3.65. The number of aromatic amines is 1. The van der Waals surface area contributed by atoms with Crippen LogP contribution in [0.3, 0.4) is 0 Å². The summed E-state index contributed by atoms with van der Waals surface area (Å²) in [5.41, 5.74) is -3.11. The molecule has 0 unspecified atom stereocenters. The van der Waals surface area contributed by atoms with Gasteiger partial charge >= 0.3 is 17.6 Å². The third-order valence-corrected chi connectivity index (χ3v) is 5.27. The van der Waals surface area contributed by atoms with E-state index in [1.54, 1.807) is 48.5 Å². The highest BCUT2D eigenvalue weighted by Gasteiger charge is 2.54. The summed E-state index contributed by atoms with van der Waals surface area (Å²) < 4.78 is 17.6. The van der Waals surface area contributed by atoms with Crippen molar-refractivity contribution in [3.63, 3.8) is 0 Å². The van der Waals surface area contributed by atoms with Crippen LogP contribution in [-0.4, -0.2) is 40.3 Å². The van der Waals surface area contributed by atoms with Gasteiger partial charge in [-0.05, 0) is 24.3 Å². The Balaban J connectivity index is 1.61. The van der Waals surface area contributed by atoms with Crippen LogP contribution in [-0.2, 0) is 19.9 Å². The standard InChI is InChI=1S/C24H19N3O7/c25-15-24(27-12-11-20(28)26-23(27)31)19(33-22(30)17-9-5-2-6-10-17)13-18(34-24)14-32-21(29)16-7-3-1-4-8-16/h1-12,18-19H,13-14H2,(H,26,28,31)/t18-,19+,24+/m0/s1. The summed E-state index contributed by atoms with van der Waals surface area (Å²) in [6.45, 7) is -0.255. The molecule has 0 saturated carbocycles. The third kappa shape index (κ3) is 4.51. The Morgan fingerprint density at radius 2 is 1.65 bits per heavy atom. The van der Waals surface area contributed by atoms with Crippen LogP contribution in [0.5, 0.6) is 0 Å². The number of esters is 2. The van der Waals surface area contributed by atoms with Gasteiger partial charge in [-0.1, -0.05) is 36.4 Å². The quantitative estimate of drug-likeness (QED) is 0.546. The normalized spacial score (nSPS) is 21.4. The maximum absolute atomic E-state index is 12.7. The van der Waals surface area contributed by atoms with Crippen molar-refractivity contribution < 1.29 is 23.8 Å². The second-order valence-corrected chi connectivity index (χ2v) is 7.49. The maximum Gasteiger partial charge on any atom is 0.338 e. The Hall–Kier alpha value is -4.49. The molecule has 1 aliphatic heterocycles. The number of nitriles is 1. The van der Waals surface area contributed by atoms with Crippen molar-refractivity contribution in [1.82, 2.24) is 9.55 Å². The molecule has 3 atom stereocenters. The van der Waals surface area contributed by atoms with E-state index in [4.69, 9.17) is 14.2 Å². The first kappa shape index (κ1) is 22.7. The van der Waals surface area contributed by atoms with E-state index in [1.807, 2.05) is 6.07 Å². The van der Waals surface area contributed by atoms with Gasteiger partial charge in [-0.2, -0.15) is 5.26 Å².